The summed E-state index contributed by atoms with van der Waals surface area (Å²) in [5, 5.41) is 6.11. The van der Waals surface area contributed by atoms with Gasteiger partial charge in [-0.1, -0.05) is 6.07 Å². The number of alkyl halides is 3. The predicted octanol–water partition coefficient (Wildman–Crippen LogP) is 3.27. The molecule has 146 valence electrons. The van der Waals surface area contributed by atoms with Gasteiger partial charge in [0.05, 0.1) is 5.66 Å². The smallest absolute Gasteiger partial charge is 0.351 e. The number of aromatic nitrogens is 4. The lowest BCUT2D eigenvalue weighted by atomic mass is 10.2. The Balaban J connectivity index is 1.98. The van der Waals surface area contributed by atoms with E-state index in [1.54, 1.807) is 13.8 Å². The summed E-state index contributed by atoms with van der Waals surface area (Å²) in [6.07, 6.45) is -2.30. The molecule has 0 saturated heterocycles. The van der Waals surface area contributed by atoms with Gasteiger partial charge in [-0.3, -0.25) is 0 Å². The molecule has 27 heavy (non-hydrogen) atoms. The van der Waals surface area contributed by atoms with Gasteiger partial charge in [0.2, 0.25) is 11.9 Å². The third kappa shape index (κ3) is 5.25. The van der Waals surface area contributed by atoms with Crippen LogP contribution >= 0.6 is 0 Å². The molecule has 3 rings (SSSR count). The van der Waals surface area contributed by atoms with Gasteiger partial charge in [-0.25, -0.2) is 4.98 Å². The molecule has 0 radical (unpaired) electrons. The largest absolute Gasteiger partial charge is 0.433 e. The van der Waals surface area contributed by atoms with Crippen LogP contribution in [0.3, 0.4) is 0 Å². The van der Waals surface area contributed by atoms with Crippen molar-refractivity contribution < 1.29 is 13.2 Å². The summed E-state index contributed by atoms with van der Waals surface area (Å²) in [5.74, 6) is 1.01. The number of pyridine rings is 1. The highest BCUT2D eigenvalue weighted by Crippen LogP contribution is 2.34. The van der Waals surface area contributed by atoms with Crippen LogP contribution in [0.15, 0.2) is 18.2 Å². The highest BCUT2D eigenvalue weighted by Gasteiger charge is 2.33. The zero-order valence-corrected chi connectivity index (χ0v) is 15.3. The van der Waals surface area contributed by atoms with E-state index in [2.05, 4.69) is 30.6 Å². The molecule has 2 heterocycles. The number of nitrogens with one attached hydrogen (secondary N) is 2. The summed E-state index contributed by atoms with van der Waals surface area (Å²) in [5.41, 5.74) is 4.13. The van der Waals surface area contributed by atoms with E-state index in [4.69, 9.17) is 5.73 Å². The normalized spacial score (nSPS) is 16.1. The Labute approximate surface area is 155 Å². The first-order valence-electron chi connectivity index (χ1n) is 8.65. The number of anilines is 2. The lowest BCUT2D eigenvalue weighted by Crippen LogP contribution is -2.41. The second-order valence-corrected chi connectivity index (χ2v) is 7.33. The molecule has 2 aromatic heterocycles. The molecule has 1 aliphatic carbocycles. The summed E-state index contributed by atoms with van der Waals surface area (Å²) >= 11 is 0. The molecule has 7 nitrogen and oxygen atoms in total. The van der Waals surface area contributed by atoms with E-state index in [-0.39, 0.29) is 29.5 Å². The van der Waals surface area contributed by atoms with Gasteiger partial charge in [0.15, 0.2) is 5.82 Å². The average Bonchev–Trinajstić information content (AvgIpc) is 3.37. The number of nitrogens with two attached hydrogens (primary N) is 1. The van der Waals surface area contributed by atoms with Crippen molar-refractivity contribution in [2.24, 2.45) is 11.7 Å². The van der Waals surface area contributed by atoms with E-state index in [9.17, 15) is 13.2 Å². The molecule has 0 aliphatic heterocycles. The first kappa shape index (κ1) is 19.3. The van der Waals surface area contributed by atoms with E-state index in [0.717, 1.165) is 18.9 Å². The van der Waals surface area contributed by atoms with Crippen LogP contribution in [0, 0.1) is 5.92 Å². The first-order chi connectivity index (χ1) is 12.5. The van der Waals surface area contributed by atoms with Gasteiger partial charge in [-0.2, -0.15) is 28.1 Å². The van der Waals surface area contributed by atoms with Crippen molar-refractivity contribution in [1.82, 2.24) is 19.9 Å². The van der Waals surface area contributed by atoms with Gasteiger partial charge < -0.3 is 16.4 Å². The van der Waals surface area contributed by atoms with Crippen LogP contribution in [0.25, 0.3) is 11.5 Å². The van der Waals surface area contributed by atoms with Crippen LogP contribution in [0.1, 0.15) is 39.3 Å². The average molecular weight is 381 g/mol. The number of hydrogen-bond donors (Lipinski definition) is 3. The van der Waals surface area contributed by atoms with E-state index >= 15 is 0 Å². The van der Waals surface area contributed by atoms with Crippen molar-refractivity contribution in [3.63, 3.8) is 0 Å². The maximum atomic E-state index is 13.0. The minimum Gasteiger partial charge on any atom is -0.351 e. The van der Waals surface area contributed by atoms with Gasteiger partial charge >= 0.3 is 6.18 Å². The number of halogens is 3. The number of nitrogens with zero attached hydrogens (tertiary/aromatic N) is 4. The number of hydrogen-bond acceptors (Lipinski definition) is 7. The van der Waals surface area contributed by atoms with Crippen molar-refractivity contribution in [2.75, 3.05) is 10.6 Å². The maximum absolute atomic E-state index is 13.0. The van der Waals surface area contributed by atoms with E-state index in [1.807, 2.05) is 6.92 Å². The molecule has 2 aromatic rings. The van der Waals surface area contributed by atoms with Crippen molar-refractivity contribution in [3.8, 4) is 11.5 Å². The molecular weight excluding hydrogens is 359 g/mol. The fourth-order valence-electron chi connectivity index (χ4n) is 2.53. The molecule has 4 N–H and O–H groups in total. The standard InChI is InChI=1S/C17H22F3N7/c1-9(10-7-8-10)22-14-24-13(25-15(26-14)27-16(2,3)21)11-5-4-6-12(23-11)17(18,19)20/h4-6,9-10H,7-8,21H2,1-3H3,(H2,22,24,25,26,27)/t9-/m1/s1. The van der Waals surface area contributed by atoms with E-state index < -0.39 is 17.5 Å². The van der Waals surface area contributed by atoms with Gasteiger partial charge in [0.1, 0.15) is 11.4 Å². The second-order valence-electron chi connectivity index (χ2n) is 7.33. The van der Waals surface area contributed by atoms with Crippen LogP contribution in [0.4, 0.5) is 25.1 Å². The maximum Gasteiger partial charge on any atom is 0.433 e. The Bertz CT molecular complexity index is 813. The third-order valence-electron chi connectivity index (χ3n) is 4.02. The van der Waals surface area contributed by atoms with E-state index in [0.29, 0.717) is 5.92 Å². The zero-order valence-electron chi connectivity index (χ0n) is 15.3. The highest BCUT2D eigenvalue weighted by atomic mass is 19.4. The van der Waals surface area contributed by atoms with Gasteiger partial charge in [0.25, 0.3) is 0 Å². The van der Waals surface area contributed by atoms with Crippen molar-refractivity contribution in [1.29, 1.82) is 0 Å². The van der Waals surface area contributed by atoms with Crippen LogP contribution in [0.5, 0.6) is 0 Å². The Morgan fingerprint density at radius 2 is 1.74 bits per heavy atom. The molecule has 0 spiro atoms. The second kappa shape index (κ2) is 6.91. The first-order valence-corrected chi connectivity index (χ1v) is 8.65. The van der Waals surface area contributed by atoms with E-state index in [1.165, 1.54) is 12.1 Å². The van der Waals surface area contributed by atoms with Gasteiger partial charge in [0, 0.05) is 6.04 Å². The minimum atomic E-state index is -4.55. The number of rotatable bonds is 6. The molecule has 1 fully saturated rings. The molecule has 0 unspecified atom stereocenters. The van der Waals surface area contributed by atoms with Crippen molar-refractivity contribution in [2.45, 2.75) is 51.5 Å². The molecular formula is C17H22F3N7. The van der Waals surface area contributed by atoms with Crippen molar-refractivity contribution >= 4 is 11.9 Å². The molecule has 1 atom stereocenters. The Hall–Kier alpha value is -2.49. The lowest BCUT2D eigenvalue weighted by molar-refractivity contribution is -0.141. The monoisotopic (exact) mass is 381 g/mol. The van der Waals surface area contributed by atoms with Gasteiger partial charge in [-0.05, 0) is 51.7 Å². The fourth-order valence-corrected chi connectivity index (χ4v) is 2.53. The molecule has 1 aliphatic rings. The molecule has 0 amide bonds. The molecule has 10 heteroatoms. The molecule has 0 aromatic carbocycles. The molecule has 0 bridgehead atoms. The topological polar surface area (TPSA) is 102 Å². The summed E-state index contributed by atoms with van der Waals surface area (Å²) in [6, 6.07) is 3.75. The van der Waals surface area contributed by atoms with Crippen LogP contribution in [-0.4, -0.2) is 31.6 Å². The fraction of sp³-hybridized carbons (Fsp3) is 0.529. The Morgan fingerprint density at radius 1 is 1.07 bits per heavy atom. The Morgan fingerprint density at radius 3 is 2.33 bits per heavy atom. The summed E-state index contributed by atoms with van der Waals surface area (Å²) in [7, 11) is 0. The molecule has 1 saturated carbocycles. The lowest BCUT2D eigenvalue weighted by Gasteiger charge is -2.21. The zero-order chi connectivity index (χ0) is 19.8. The van der Waals surface area contributed by atoms with Crippen LogP contribution in [0.2, 0.25) is 0 Å². The van der Waals surface area contributed by atoms with Crippen molar-refractivity contribution in [3.05, 3.63) is 23.9 Å². The third-order valence-corrected chi connectivity index (χ3v) is 4.02. The van der Waals surface area contributed by atoms with Gasteiger partial charge in [-0.15, -0.1) is 0 Å². The SMILES string of the molecule is C[C@@H](Nc1nc(NC(C)(C)N)nc(-c2cccc(C(F)(F)F)n2)n1)C1CC1. The summed E-state index contributed by atoms with van der Waals surface area (Å²) in [6.45, 7) is 5.46. The summed E-state index contributed by atoms with van der Waals surface area (Å²) in [4.78, 5) is 16.4. The summed E-state index contributed by atoms with van der Waals surface area (Å²) < 4.78 is 38.9. The highest BCUT2D eigenvalue weighted by molar-refractivity contribution is 5.54. The van der Waals surface area contributed by atoms with Crippen LogP contribution in [-0.2, 0) is 6.18 Å². The minimum absolute atomic E-state index is 0.00669. The van der Waals surface area contributed by atoms with Crippen LogP contribution < -0.4 is 16.4 Å². The quantitative estimate of drug-likeness (QED) is 0.660. The Kier molecular flexibility index (Phi) is 4.94. The predicted molar refractivity (Wildman–Crippen MR) is 95.8 cm³/mol.